The van der Waals surface area contributed by atoms with Crippen molar-refractivity contribution < 1.29 is 0 Å². The number of hydrogen-bond acceptors (Lipinski definition) is 0. The molecule has 1 aromatic rings. The smallest absolute Gasteiger partial charge is 0.0712 e. The average molecular weight is 200 g/mol. The Balaban J connectivity index is 3.27. The van der Waals surface area contributed by atoms with Crippen LogP contribution in [-0.4, -0.2) is 10.2 Å². The minimum atomic E-state index is 0.536. The van der Waals surface area contributed by atoms with Gasteiger partial charge in [0.15, 0.2) is 0 Å². The van der Waals surface area contributed by atoms with Crippen LogP contribution in [0.25, 0.3) is 5.20 Å². The number of halogens is 2. The molecule has 0 atom stereocenters. The first kappa shape index (κ1) is 8.85. The first-order chi connectivity index (χ1) is 5.13. The van der Waals surface area contributed by atoms with Crippen LogP contribution in [0.2, 0.25) is 10.0 Å². The third-order valence-corrected chi connectivity index (χ3v) is 2.36. The molecule has 0 saturated heterocycles. The average Bonchev–Trinajstić information content (AvgIpc) is 1.94. The van der Waals surface area contributed by atoms with Gasteiger partial charge in [-0.1, -0.05) is 47.1 Å². The van der Waals surface area contributed by atoms with Gasteiger partial charge in [0.05, 0.1) is 20.3 Å². The Hall–Kier alpha value is -0.243. The van der Waals surface area contributed by atoms with Crippen LogP contribution >= 0.6 is 23.2 Å². The van der Waals surface area contributed by atoms with Gasteiger partial charge in [-0.3, -0.25) is 0 Å². The Morgan fingerprint density at radius 1 is 1.36 bits per heavy atom. The standard InChI is InChI=1S/C8H5Cl2Si/c1-5(11)6-3-2-4-7(9)8(6)10/h2-4H,1H2. The van der Waals surface area contributed by atoms with Gasteiger partial charge >= 0.3 is 0 Å². The van der Waals surface area contributed by atoms with E-state index < -0.39 is 0 Å². The minimum Gasteiger partial charge on any atom is -0.1000 e. The molecule has 0 heterocycles. The number of hydrogen-bond donors (Lipinski definition) is 0. The van der Waals surface area contributed by atoms with E-state index >= 15 is 0 Å². The summed E-state index contributed by atoms with van der Waals surface area (Å²) >= 11 is 11.6. The Bertz CT molecular complexity index is 294. The Kier molecular flexibility index (Phi) is 2.76. The molecule has 0 N–H and O–H groups in total. The molecule has 0 nitrogen and oxygen atoms in total. The van der Waals surface area contributed by atoms with E-state index in [1.807, 2.05) is 12.1 Å². The van der Waals surface area contributed by atoms with Crippen LogP contribution < -0.4 is 0 Å². The van der Waals surface area contributed by atoms with Crippen molar-refractivity contribution in [2.24, 2.45) is 0 Å². The molecule has 0 aliphatic heterocycles. The van der Waals surface area contributed by atoms with Crippen molar-refractivity contribution in [3.63, 3.8) is 0 Å². The molecule has 1 rings (SSSR count). The van der Waals surface area contributed by atoms with E-state index in [0.29, 0.717) is 10.0 Å². The van der Waals surface area contributed by atoms with Crippen molar-refractivity contribution in [2.45, 2.75) is 0 Å². The van der Waals surface area contributed by atoms with Crippen molar-refractivity contribution in [3.05, 3.63) is 40.4 Å². The van der Waals surface area contributed by atoms with Gasteiger partial charge in [-0.2, -0.15) is 0 Å². The van der Waals surface area contributed by atoms with Gasteiger partial charge in [0, 0.05) is 0 Å². The predicted octanol–water partition coefficient (Wildman–Crippen LogP) is 3.13. The molecule has 0 unspecified atom stereocenters. The van der Waals surface area contributed by atoms with Crippen molar-refractivity contribution in [1.82, 2.24) is 0 Å². The molecule has 0 aromatic heterocycles. The van der Waals surface area contributed by atoms with Crippen LogP contribution in [0.15, 0.2) is 24.8 Å². The summed E-state index contributed by atoms with van der Waals surface area (Å²) in [6, 6.07) is 5.42. The molecule has 55 valence electrons. The molecule has 3 radical (unpaired) electrons. The number of benzene rings is 1. The second kappa shape index (κ2) is 3.44. The third kappa shape index (κ3) is 1.86. The maximum absolute atomic E-state index is 5.86. The summed E-state index contributed by atoms with van der Waals surface area (Å²) in [6.45, 7) is 3.70. The molecule has 0 fully saturated rings. The summed E-state index contributed by atoms with van der Waals surface area (Å²) in [5.74, 6) is 0. The van der Waals surface area contributed by atoms with Crippen LogP contribution in [0, 0.1) is 0 Å². The number of rotatable bonds is 1. The lowest BCUT2D eigenvalue weighted by atomic mass is 10.2. The lowest BCUT2D eigenvalue weighted by Crippen LogP contribution is -1.83. The Morgan fingerprint density at radius 3 is 2.45 bits per heavy atom. The van der Waals surface area contributed by atoms with Crippen LogP contribution in [0.3, 0.4) is 0 Å². The van der Waals surface area contributed by atoms with Gasteiger partial charge < -0.3 is 0 Å². The van der Waals surface area contributed by atoms with E-state index in [-0.39, 0.29) is 0 Å². The molecular formula is C8H5Cl2Si. The van der Waals surface area contributed by atoms with Crippen molar-refractivity contribution >= 4 is 38.6 Å². The first-order valence-electron chi connectivity index (χ1n) is 2.98. The van der Waals surface area contributed by atoms with E-state index in [0.717, 1.165) is 10.8 Å². The van der Waals surface area contributed by atoms with Crippen molar-refractivity contribution in [3.8, 4) is 0 Å². The summed E-state index contributed by atoms with van der Waals surface area (Å²) < 4.78 is 0. The topological polar surface area (TPSA) is 0 Å². The second-order valence-electron chi connectivity index (χ2n) is 2.08. The molecule has 0 aliphatic rings. The molecular weight excluding hydrogens is 195 g/mol. The van der Waals surface area contributed by atoms with Gasteiger partial charge in [0.1, 0.15) is 0 Å². The monoisotopic (exact) mass is 199 g/mol. The van der Waals surface area contributed by atoms with Crippen LogP contribution in [0.1, 0.15) is 5.56 Å². The molecule has 11 heavy (non-hydrogen) atoms. The lowest BCUT2D eigenvalue weighted by Gasteiger charge is -2.03. The zero-order valence-electron chi connectivity index (χ0n) is 5.70. The maximum Gasteiger partial charge on any atom is 0.0712 e. The van der Waals surface area contributed by atoms with Crippen LogP contribution in [-0.2, 0) is 0 Å². The Labute approximate surface area is 79.2 Å². The van der Waals surface area contributed by atoms with E-state index in [2.05, 4.69) is 16.8 Å². The highest BCUT2D eigenvalue weighted by atomic mass is 35.5. The third-order valence-electron chi connectivity index (χ3n) is 1.28. The first-order valence-corrected chi connectivity index (χ1v) is 4.23. The fraction of sp³-hybridized carbons (Fsp3) is 0. The van der Waals surface area contributed by atoms with Gasteiger partial charge in [-0.15, -0.1) is 0 Å². The second-order valence-corrected chi connectivity index (χ2v) is 3.47. The summed E-state index contributed by atoms with van der Waals surface area (Å²) in [7, 11) is 3.28. The SMILES string of the molecule is C=C([Si])c1cccc(Cl)c1Cl. The lowest BCUT2D eigenvalue weighted by molar-refractivity contribution is 1.65. The fourth-order valence-corrected chi connectivity index (χ4v) is 1.44. The fourth-order valence-electron chi connectivity index (χ4n) is 0.737. The molecule has 0 aliphatic carbocycles. The summed E-state index contributed by atoms with van der Waals surface area (Å²) in [5.41, 5.74) is 0.829. The summed E-state index contributed by atoms with van der Waals surface area (Å²) in [6.07, 6.45) is 0. The molecule has 3 heteroatoms. The predicted molar refractivity (Wildman–Crippen MR) is 51.3 cm³/mol. The highest BCUT2D eigenvalue weighted by Gasteiger charge is 2.02. The van der Waals surface area contributed by atoms with Gasteiger partial charge in [-0.05, 0) is 11.6 Å². The largest absolute Gasteiger partial charge is 0.1000 e. The highest BCUT2D eigenvalue weighted by molar-refractivity contribution is 6.47. The van der Waals surface area contributed by atoms with Crippen molar-refractivity contribution in [2.75, 3.05) is 0 Å². The summed E-state index contributed by atoms with van der Waals surface area (Å²) in [5, 5.41) is 1.82. The quantitative estimate of drug-likeness (QED) is 0.611. The van der Waals surface area contributed by atoms with E-state index in [1.165, 1.54) is 0 Å². The minimum absolute atomic E-state index is 0.536. The molecule has 0 saturated carbocycles. The van der Waals surface area contributed by atoms with Crippen LogP contribution in [0.5, 0.6) is 0 Å². The maximum atomic E-state index is 5.86. The van der Waals surface area contributed by atoms with E-state index in [9.17, 15) is 0 Å². The molecule has 0 amide bonds. The van der Waals surface area contributed by atoms with Gasteiger partial charge in [-0.25, -0.2) is 0 Å². The normalized spacial score (nSPS) is 9.73. The summed E-state index contributed by atoms with van der Waals surface area (Å²) in [4.78, 5) is 0. The van der Waals surface area contributed by atoms with Crippen molar-refractivity contribution in [1.29, 1.82) is 0 Å². The van der Waals surface area contributed by atoms with E-state index in [1.54, 1.807) is 6.07 Å². The molecule has 1 aromatic carbocycles. The van der Waals surface area contributed by atoms with Gasteiger partial charge in [0.25, 0.3) is 0 Å². The van der Waals surface area contributed by atoms with Crippen LogP contribution in [0.4, 0.5) is 0 Å². The Morgan fingerprint density at radius 2 is 2.00 bits per heavy atom. The highest BCUT2D eigenvalue weighted by Crippen LogP contribution is 2.28. The molecule has 0 spiro atoms. The molecule has 0 bridgehead atoms. The zero-order valence-corrected chi connectivity index (χ0v) is 8.21. The zero-order chi connectivity index (χ0) is 8.43. The van der Waals surface area contributed by atoms with E-state index in [4.69, 9.17) is 23.2 Å². The van der Waals surface area contributed by atoms with Gasteiger partial charge in [0.2, 0.25) is 0 Å².